The molecule has 4 heteroatoms. The van der Waals surface area contributed by atoms with E-state index in [1.807, 2.05) is 32.0 Å². The van der Waals surface area contributed by atoms with Crippen LogP contribution in [-0.2, 0) is 0 Å². The van der Waals surface area contributed by atoms with Gasteiger partial charge in [0.2, 0.25) is 0 Å². The first-order chi connectivity index (χ1) is 9.99. The lowest BCUT2D eigenvalue weighted by Gasteiger charge is -2.22. The Balaban J connectivity index is 1.99. The third-order valence-electron chi connectivity index (χ3n) is 3.88. The van der Waals surface area contributed by atoms with Crippen molar-refractivity contribution < 1.29 is 9.59 Å². The van der Waals surface area contributed by atoms with Gasteiger partial charge in [-0.2, -0.15) is 0 Å². The summed E-state index contributed by atoms with van der Waals surface area (Å²) < 4.78 is 0. The monoisotopic (exact) mass is 280 g/mol. The van der Waals surface area contributed by atoms with Gasteiger partial charge in [-0.25, -0.2) is 0 Å². The molecule has 1 unspecified atom stereocenters. The van der Waals surface area contributed by atoms with Crippen LogP contribution in [0.4, 0.5) is 5.69 Å². The number of nitrogen functional groups attached to an aromatic ring is 1. The average Bonchev–Trinajstić information content (AvgIpc) is 2.70. The van der Waals surface area contributed by atoms with Crippen LogP contribution in [-0.4, -0.2) is 16.7 Å². The fraction of sp³-hybridized carbons (Fsp3) is 0.176. The van der Waals surface area contributed by atoms with Gasteiger partial charge in [-0.3, -0.25) is 14.5 Å². The van der Waals surface area contributed by atoms with E-state index in [2.05, 4.69) is 0 Å². The first-order valence-electron chi connectivity index (χ1n) is 6.83. The van der Waals surface area contributed by atoms with Crippen molar-refractivity contribution in [3.63, 3.8) is 0 Å². The molecule has 2 aromatic carbocycles. The number of imide groups is 1. The summed E-state index contributed by atoms with van der Waals surface area (Å²) in [7, 11) is 0. The van der Waals surface area contributed by atoms with E-state index in [1.54, 1.807) is 24.3 Å². The van der Waals surface area contributed by atoms with Crippen LogP contribution in [0.1, 0.15) is 44.8 Å². The van der Waals surface area contributed by atoms with E-state index in [1.165, 1.54) is 4.90 Å². The lowest BCUT2D eigenvalue weighted by atomic mass is 10.1. The molecule has 1 atom stereocenters. The van der Waals surface area contributed by atoms with E-state index in [4.69, 9.17) is 5.73 Å². The molecule has 4 nitrogen and oxygen atoms in total. The number of fused-ring (bicyclic) bond motifs is 1. The summed E-state index contributed by atoms with van der Waals surface area (Å²) in [5.74, 6) is -0.470. The zero-order chi connectivity index (χ0) is 15.1. The van der Waals surface area contributed by atoms with E-state index >= 15 is 0 Å². The maximum Gasteiger partial charge on any atom is 0.262 e. The summed E-state index contributed by atoms with van der Waals surface area (Å²) in [6.07, 6.45) is 0. The van der Waals surface area contributed by atoms with Crippen LogP contribution in [0.15, 0.2) is 42.5 Å². The minimum atomic E-state index is -0.321. The average molecular weight is 280 g/mol. The Kier molecular flexibility index (Phi) is 3.01. The number of hydrogen-bond acceptors (Lipinski definition) is 3. The highest BCUT2D eigenvalue weighted by atomic mass is 16.2. The molecule has 0 saturated heterocycles. The Morgan fingerprint density at radius 1 is 0.952 bits per heavy atom. The van der Waals surface area contributed by atoms with Crippen molar-refractivity contribution in [3.05, 3.63) is 64.7 Å². The quantitative estimate of drug-likeness (QED) is 0.679. The molecule has 0 aromatic heterocycles. The second-order valence-corrected chi connectivity index (χ2v) is 5.37. The Labute approximate surface area is 123 Å². The van der Waals surface area contributed by atoms with E-state index < -0.39 is 0 Å². The molecule has 0 spiro atoms. The van der Waals surface area contributed by atoms with E-state index in [-0.39, 0.29) is 17.9 Å². The Morgan fingerprint density at radius 3 is 2.24 bits per heavy atom. The zero-order valence-electron chi connectivity index (χ0n) is 12.0. The van der Waals surface area contributed by atoms with Crippen LogP contribution in [0.5, 0.6) is 0 Å². The smallest absolute Gasteiger partial charge is 0.262 e. The van der Waals surface area contributed by atoms with Gasteiger partial charge in [0.1, 0.15) is 0 Å². The number of carbonyl (C=O) groups excluding carboxylic acids is 2. The molecule has 21 heavy (non-hydrogen) atoms. The normalized spacial score (nSPS) is 15.2. The fourth-order valence-corrected chi connectivity index (χ4v) is 2.65. The predicted octanol–water partition coefficient (Wildman–Crippen LogP) is 2.93. The maximum atomic E-state index is 12.5. The molecule has 2 aromatic rings. The van der Waals surface area contributed by atoms with Crippen molar-refractivity contribution in [3.8, 4) is 0 Å². The van der Waals surface area contributed by atoms with Crippen LogP contribution in [0.25, 0.3) is 0 Å². The molecule has 1 aliphatic heterocycles. The number of hydrogen-bond donors (Lipinski definition) is 1. The first-order valence-corrected chi connectivity index (χ1v) is 6.83. The summed E-state index contributed by atoms with van der Waals surface area (Å²) in [4.78, 5) is 26.3. The van der Waals surface area contributed by atoms with Crippen molar-refractivity contribution >= 4 is 17.5 Å². The van der Waals surface area contributed by atoms with E-state index in [9.17, 15) is 9.59 Å². The van der Waals surface area contributed by atoms with Gasteiger partial charge < -0.3 is 5.73 Å². The number of amides is 2. The lowest BCUT2D eigenvalue weighted by molar-refractivity contribution is 0.0595. The van der Waals surface area contributed by atoms with Crippen LogP contribution in [0.3, 0.4) is 0 Å². The highest BCUT2D eigenvalue weighted by molar-refractivity contribution is 6.21. The second-order valence-electron chi connectivity index (χ2n) is 5.37. The largest absolute Gasteiger partial charge is 0.399 e. The van der Waals surface area contributed by atoms with Gasteiger partial charge >= 0.3 is 0 Å². The van der Waals surface area contributed by atoms with Crippen molar-refractivity contribution in [2.24, 2.45) is 0 Å². The predicted molar refractivity (Wildman–Crippen MR) is 80.9 cm³/mol. The third-order valence-corrected chi connectivity index (χ3v) is 3.88. The highest BCUT2D eigenvalue weighted by Crippen LogP contribution is 2.31. The van der Waals surface area contributed by atoms with Crippen LogP contribution < -0.4 is 5.73 Å². The highest BCUT2D eigenvalue weighted by Gasteiger charge is 2.38. The lowest BCUT2D eigenvalue weighted by Crippen LogP contribution is -2.32. The number of benzene rings is 2. The van der Waals surface area contributed by atoms with Crippen molar-refractivity contribution in [1.82, 2.24) is 4.90 Å². The number of aryl methyl sites for hydroxylation is 1. The van der Waals surface area contributed by atoms with Crippen molar-refractivity contribution in [1.29, 1.82) is 0 Å². The second kappa shape index (κ2) is 4.74. The van der Waals surface area contributed by atoms with Gasteiger partial charge in [-0.1, -0.05) is 23.8 Å². The molecule has 2 amide bonds. The summed E-state index contributed by atoms with van der Waals surface area (Å²) >= 11 is 0. The molecular weight excluding hydrogens is 264 g/mol. The van der Waals surface area contributed by atoms with Gasteiger partial charge in [0.15, 0.2) is 0 Å². The molecular formula is C17H16N2O2. The number of rotatable bonds is 2. The maximum absolute atomic E-state index is 12.5. The van der Waals surface area contributed by atoms with Gasteiger partial charge in [0.05, 0.1) is 17.2 Å². The van der Waals surface area contributed by atoms with Crippen molar-refractivity contribution in [2.75, 3.05) is 5.73 Å². The zero-order valence-corrected chi connectivity index (χ0v) is 12.0. The molecule has 0 aliphatic carbocycles. The van der Waals surface area contributed by atoms with Crippen LogP contribution in [0.2, 0.25) is 0 Å². The molecule has 0 bridgehead atoms. The Bertz CT molecular complexity index is 735. The van der Waals surface area contributed by atoms with Gasteiger partial charge in [0, 0.05) is 5.69 Å². The molecule has 1 aliphatic rings. The summed E-state index contributed by atoms with van der Waals surface area (Å²) in [5.41, 5.74) is 9.15. The van der Waals surface area contributed by atoms with Gasteiger partial charge in [0.25, 0.3) is 11.8 Å². The molecule has 0 saturated carbocycles. The third kappa shape index (κ3) is 2.09. The summed E-state index contributed by atoms with van der Waals surface area (Å²) in [6, 6.07) is 12.2. The van der Waals surface area contributed by atoms with Gasteiger partial charge in [-0.15, -0.1) is 0 Å². The number of nitrogens with zero attached hydrogens (tertiary/aromatic N) is 1. The Hall–Kier alpha value is -2.62. The minimum Gasteiger partial charge on any atom is -0.399 e. The molecule has 106 valence electrons. The molecule has 2 N–H and O–H groups in total. The van der Waals surface area contributed by atoms with Crippen LogP contribution >= 0.6 is 0 Å². The minimum absolute atomic E-state index is 0.233. The van der Waals surface area contributed by atoms with Crippen LogP contribution in [0, 0.1) is 6.92 Å². The fourth-order valence-electron chi connectivity index (χ4n) is 2.65. The molecule has 0 fully saturated rings. The number of carbonyl (C=O) groups is 2. The van der Waals surface area contributed by atoms with Crippen molar-refractivity contribution in [2.45, 2.75) is 19.9 Å². The van der Waals surface area contributed by atoms with Gasteiger partial charge in [-0.05, 0) is 43.7 Å². The van der Waals surface area contributed by atoms with E-state index in [0.717, 1.165) is 11.1 Å². The first kappa shape index (κ1) is 13.4. The molecule has 3 rings (SSSR count). The molecule has 1 heterocycles. The summed E-state index contributed by atoms with van der Waals surface area (Å²) in [6.45, 7) is 3.75. The number of nitrogens with two attached hydrogens (primary N) is 1. The summed E-state index contributed by atoms with van der Waals surface area (Å²) in [5, 5.41) is 0. The topological polar surface area (TPSA) is 63.4 Å². The standard InChI is InChI=1S/C17H16N2O2/c1-10-3-8-14-15(9-10)17(21)19(16(14)20)11(2)12-4-6-13(18)7-5-12/h3-9,11H,18H2,1-2H3. The number of anilines is 1. The SMILES string of the molecule is Cc1ccc2c(c1)C(=O)N(C(C)c1ccc(N)cc1)C2=O. The Morgan fingerprint density at radius 2 is 1.57 bits per heavy atom. The van der Waals surface area contributed by atoms with E-state index in [0.29, 0.717) is 16.8 Å². The molecule has 0 radical (unpaired) electrons.